The summed E-state index contributed by atoms with van der Waals surface area (Å²) in [6.07, 6.45) is 12.0. The first-order valence-electron chi connectivity index (χ1n) is 10.6. The molecule has 4 saturated carbocycles. The highest BCUT2D eigenvalue weighted by Gasteiger charge is 2.63. The van der Waals surface area contributed by atoms with Gasteiger partial charge in [0, 0.05) is 0 Å². The summed E-state index contributed by atoms with van der Waals surface area (Å²) < 4.78 is 0. The number of hydrogen-bond acceptors (Lipinski definition) is 1. The van der Waals surface area contributed by atoms with Crippen molar-refractivity contribution in [1.82, 2.24) is 0 Å². The molecule has 0 spiro atoms. The van der Waals surface area contributed by atoms with Gasteiger partial charge in [-0.3, -0.25) is 0 Å². The zero-order valence-corrected chi connectivity index (χ0v) is 16.4. The fraction of sp³-hybridized carbons (Fsp3) is 0.913. The Bertz CT molecular complexity index is 536. The summed E-state index contributed by atoms with van der Waals surface area (Å²) in [6, 6.07) is 0. The second-order valence-corrected chi connectivity index (χ2v) is 10.8. The molecule has 0 aromatic heterocycles. The van der Waals surface area contributed by atoms with Gasteiger partial charge in [-0.15, -0.1) is 0 Å². The predicted molar refractivity (Wildman–Crippen MR) is 101 cm³/mol. The minimum Gasteiger partial charge on any atom is -0.393 e. The van der Waals surface area contributed by atoms with E-state index in [-0.39, 0.29) is 6.10 Å². The number of aliphatic hydroxyl groups is 1. The molecular weight excluding hydrogens is 292 g/mol. The molecule has 1 heteroatoms. The lowest BCUT2D eigenvalue weighted by molar-refractivity contribution is -0.148. The smallest absolute Gasteiger partial charge is 0.0545 e. The summed E-state index contributed by atoms with van der Waals surface area (Å²) in [5.74, 6) is 3.17. The highest BCUT2D eigenvalue weighted by molar-refractivity contribution is 5.17. The number of rotatable bonds is 1. The van der Waals surface area contributed by atoms with Crippen LogP contribution in [0.5, 0.6) is 0 Å². The van der Waals surface area contributed by atoms with Crippen molar-refractivity contribution >= 4 is 0 Å². The molecule has 0 heterocycles. The van der Waals surface area contributed by atoms with E-state index in [2.05, 4.69) is 27.4 Å². The summed E-state index contributed by atoms with van der Waals surface area (Å²) in [4.78, 5) is 0. The Balaban J connectivity index is 1.67. The van der Waals surface area contributed by atoms with Gasteiger partial charge in [0.1, 0.15) is 0 Å². The van der Waals surface area contributed by atoms with Crippen LogP contribution in [-0.4, -0.2) is 11.2 Å². The summed E-state index contributed by atoms with van der Waals surface area (Å²) in [5, 5.41) is 10.4. The van der Waals surface area contributed by atoms with E-state index >= 15 is 0 Å². The van der Waals surface area contributed by atoms with Crippen LogP contribution in [0.15, 0.2) is 12.2 Å². The van der Waals surface area contributed by atoms with Gasteiger partial charge in [-0.1, -0.05) is 32.9 Å². The van der Waals surface area contributed by atoms with Crippen LogP contribution in [0.3, 0.4) is 0 Å². The highest BCUT2D eigenvalue weighted by Crippen LogP contribution is 2.71. The zero-order chi connectivity index (χ0) is 17.3. The molecule has 4 aliphatic rings. The van der Waals surface area contributed by atoms with E-state index in [4.69, 9.17) is 0 Å². The Kier molecular flexibility index (Phi) is 3.82. The molecule has 1 nitrogen and oxygen atoms in total. The number of aliphatic hydroxyl groups excluding tert-OH is 1. The molecule has 0 aromatic rings. The van der Waals surface area contributed by atoms with E-state index in [0.717, 1.165) is 17.8 Å². The lowest BCUT2D eigenvalue weighted by atomic mass is 9.40. The molecular formula is C23H38O. The van der Waals surface area contributed by atoms with Crippen molar-refractivity contribution in [2.75, 3.05) is 0 Å². The maximum Gasteiger partial charge on any atom is 0.0545 e. The van der Waals surface area contributed by atoms with Gasteiger partial charge < -0.3 is 5.11 Å². The molecule has 4 rings (SSSR count). The van der Waals surface area contributed by atoms with Crippen LogP contribution in [0.4, 0.5) is 0 Å². The molecule has 0 saturated heterocycles. The quantitative estimate of drug-likeness (QED) is 0.587. The SMILES string of the molecule is C=C1CC[C@]2(C)CC[C@H]3[C@@H]4CC[C@H]([C@@H](C)O)[C@@]4(C)CC[C@@H]3[C@@]2(C)C1. The van der Waals surface area contributed by atoms with E-state index in [9.17, 15) is 5.11 Å². The van der Waals surface area contributed by atoms with Crippen LogP contribution < -0.4 is 0 Å². The first-order valence-corrected chi connectivity index (χ1v) is 10.6. The fourth-order valence-corrected chi connectivity index (χ4v) is 8.35. The third-order valence-corrected chi connectivity index (χ3v) is 9.97. The van der Waals surface area contributed by atoms with Gasteiger partial charge in [0.05, 0.1) is 6.10 Å². The zero-order valence-electron chi connectivity index (χ0n) is 16.4. The summed E-state index contributed by atoms with van der Waals surface area (Å²) in [6.45, 7) is 14.2. The van der Waals surface area contributed by atoms with Crippen LogP contribution >= 0.6 is 0 Å². The van der Waals surface area contributed by atoms with Crippen molar-refractivity contribution < 1.29 is 5.11 Å². The lowest BCUT2D eigenvalue weighted by Crippen LogP contribution is -2.57. The summed E-state index contributed by atoms with van der Waals surface area (Å²) in [5.41, 5.74) is 2.91. The minimum absolute atomic E-state index is 0.129. The van der Waals surface area contributed by atoms with Crippen LogP contribution in [0.2, 0.25) is 0 Å². The third kappa shape index (κ3) is 2.09. The molecule has 0 aliphatic heterocycles. The van der Waals surface area contributed by atoms with Crippen LogP contribution in [0.25, 0.3) is 0 Å². The maximum atomic E-state index is 10.4. The van der Waals surface area contributed by atoms with Gasteiger partial charge in [0.2, 0.25) is 0 Å². The van der Waals surface area contributed by atoms with Crippen molar-refractivity contribution in [3.63, 3.8) is 0 Å². The summed E-state index contributed by atoms with van der Waals surface area (Å²) in [7, 11) is 0. The Labute approximate surface area is 149 Å². The predicted octanol–water partition coefficient (Wildman–Crippen LogP) is 5.97. The molecule has 8 atom stereocenters. The van der Waals surface area contributed by atoms with Crippen molar-refractivity contribution in [3.8, 4) is 0 Å². The Hall–Kier alpha value is -0.300. The number of fused-ring (bicyclic) bond motifs is 5. The monoisotopic (exact) mass is 330 g/mol. The molecule has 0 aromatic carbocycles. The second kappa shape index (κ2) is 5.35. The standard InChI is InChI=1S/C23H38O/c1-15-8-11-21(3)12-9-17-19-7-6-18(16(2)24)22(19,4)13-10-20(17)23(21,5)14-15/h16-20,24H,1,6-14H2,2-5H3/t16-,17+,18-,19+,20+,21-,22-,23-/m1/s1. The van der Waals surface area contributed by atoms with Gasteiger partial charge in [0.25, 0.3) is 0 Å². The van der Waals surface area contributed by atoms with Crippen molar-refractivity contribution in [2.45, 2.75) is 91.6 Å². The molecule has 4 fully saturated rings. The molecule has 136 valence electrons. The lowest BCUT2D eigenvalue weighted by Gasteiger charge is -2.65. The van der Waals surface area contributed by atoms with Gasteiger partial charge in [-0.05, 0) is 105 Å². The van der Waals surface area contributed by atoms with Crippen LogP contribution in [-0.2, 0) is 0 Å². The topological polar surface area (TPSA) is 20.2 Å². The molecule has 0 radical (unpaired) electrons. The van der Waals surface area contributed by atoms with Gasteiger partial charge in [-0.25, -0.2) is 0 Å². The van der Waals surface area contributed by atoms with Gasteiger partial charge >= 0.3 is 0 Å². The van der Waals surface area contributed by atoms with Gasteiger partial charge in [0.15, 0.2) is 0 Å². The van der Waals surface area contributed by atoms with Crippen LogP contribution in [0, 0.1) is 39.9 Å². The largest absolute Gasteiger partial charge is 0.393 e. The Morgan fingerprint density at radius 3 is 2.46 bits per heavy atom. The van der Waals surface area contributed by atoms with Crippen molar-refractivity contribution in [1.29, 1.82) is 0 Å². The van der Waals surface area contributed by atoms with Gasteiger partial charge in [-0.2, -0.15) is 0 Å². The Morgan fingerprint density at radius 2 is 1.75 bits per heavy atom. The van der Waals surface area contributed by atoms with Crippen LogP contribution in [0.1, 0.15) is 85.5 Å². The third-order valence-electron chi connectivity index (χ3n) is 9.97. The van der Waals surface area contributed by atoms with E-state index in [1.807, 2.05) is 6.92 Å². The first kappa shape index (κ1) is 17.1. The normalized spacial score (nSPS) is 55.5. The molecule has 0 unspecified atom stereocenters. The minimum atomic E-state index is -0.129. The van der Waals surface area contributed by atoms with E-state index in [1.54, 1.807) is 0 Å². The molecule has 4 aliphatic carbocycles. The number of allylic oxidation sites excluding steroid dienone is 1. The number of hydrogen-bond donors (Lipinski definition) is 1. The first-order chi connectivity index (χ1) is 11.2. The summed E-state index contributed by atoms with van der Waals surface area (Å²) >= 11 is 0. The molecule has 1 N–H and O–H groups in total. The average molecular weight is 331 g/mol. The fourth-order valence-electron chi connectivity index (χ4n) is 8.35. The van der Waals surface area contributed by atoms with E-state index < -0.39 is 0 Å². The second-order valence-electron chi connectivity index (χ2n) is 10.8. The highest BCUT2D eigenvalue weighted by atomic mass is 16.3. The molecule has 0 bridgehead atoms. The van der Waals surface area contributed by atoms with E-state index in [1.165, 1.54) is 63.4 Å². The molecule has 24 heavy (non-hydrogen) atoms. The Morgan fingerprint density at radius 1 is 1.00 bits per heavy atom. The van der Waals surface area contributed by atoms with Crippen molar-refractivity contribution in [2.24, 2.45) is 39.9 Å². The maximum absolute atomic E-state index is 10.4. The average Bonchev–Trinajstić information content (AvgIpc) is 2.86. The van der Waals surface area contributed by atoms with Crippen molar-refractivity contribution in [3.05, 3.63) is 12.2 Å². The van der Waals surface area contributed by atoms with E-state index in [0.29, 0.717) is 22.2 Å². The molecule has 0 amide bonds.